The van der Waals surface area contributed by atoms with Gasteiger partial charge in [-0.1, -0.05) is 18.2 Å². The van der Waals surface area contributed by atoms with E-state index in [1.54, 1.807) is 13.3 Å². The summed E-state index contributed by atoms with van der Waals surface area (Å²) in [7, 11) is 3.62. The highest BCUT2D eigenvalue weighted by atomic mass is 35.5. The van der Waals surface area contributed by atoms with Gasteiger partial charge in [0.25, 0.3) is 0 Å². The summed E-state index contributed by atoms with van der Waals surface area (Å²) in [5.74, 6) is 2.16. The number of rotatable bonds is 4. The van der Waals surface area contributed by atoms with Crippen molar-refractivity contribution in [1.82, 2.24) is 4.98 Å². The minimum Gasteiger partial charge on any atom is -0.495 e. The van der Waals surface area contributed by atoms with Crippen molar-refractivity contribution >= 4 is 23.1 Å². The molecule has 0 aliphatic rings. The molecule has 0 spiro atoms. The highest BCUT2D eigenvalue weighted by Gasteiger charge is 2.09. The maximum Gasteiger partial charge on any atom is 0.142 e. The normalized spacial score (nSPS) is 10.2. The minimum atomic E-state index is 0.478. The first-order valence-corrected chi connectivity index (χ1v) is 6.17. The molecule has 1 aromatic carbocycles. The first-order valence-electron chi connectivity index (χ1n) is 5.64. The topological polar surface area (TPSA) is 25.4 Å². The Hall–Kier alpha value is -1.74. The second-order valence-electron chi connectivity index (χ2n) is 3.89. The number of halogens is 1. The van der Waals surface area contributed by atoms with E-state index in [0.29, 0.717) is 5.88 Å². The van der Waals surface area contributed by atoms with Gasteiger partial charge in [0.1, 0.15) is 11.6 Å². The molecule has 0 amide bonds. The van der Waals surface area contributed by atoms with E-state index < -0.39 is 0 Å². The Labute approximate surface area is 112 Å². The Kier molecular flexibility index (Phi) is 4.05. The van der Waals surface area contributed by atoms with Crippen LogP contribution in [0.5, 0.6) is 5.75 Å². The third kappa shape index (κ3) is 2.57. The van der Waals surface area contributed by atoms with E-state index >= 15 is 0 Å². The van der Waals surface area contributed by atoms with Gasteiger partial charge in [0.2, 0.25) is 0 Å². The van der Waals surface area contributed by atoms with Crippen LogP contribution in [0.25, 0.3) is 0 Å². The van der Waals surface area contributed by atoms with Crippen LogP contribution in [-0.4, -0.2) is 19.1 Å². The Bertz CT molecular complexity index is 513. The van der Waals surface area contributed by atoms with E-state index in [9.17, 15) is 0 Å². The average molecular weight is 263 g/mol. The standard InChI is InChI=1S/C14H15ClN2O/c1-17(12-5-3-4-6-13(12)18-2)14-8-7-11(9-15)10-16-14/h3-8,10H,9H2,1-2H3. The second kappa shape index (κ2) is 5.74. The lowest BCUT2D eigenvalue weighted by molar-refractivity contribution is 0.415. The van der Waals surface area contributed by atoms with Crippen molar-refractivity contribution in [2.75, 3.05) is 19.1 Å². The van der Waals surface area contributed by atoms with Gasteiger partial charge in [-0.2, -0.15) is 0 Å². The molecule has 0 saturated heterocycles. The lowest BCUT2D eigenvalue weighted by atomic mass is 10.2. The van der Waals surface area contributed by atoms with Crippen molar-refractivity contribution in [3.63, 3.8) is 0 Å². The summed E-state index contributed by atoms with van der Waals surface area (Å²) in [5, 5.41) is 0. The molecule has 0 bridgehead atoms. The van der Waals surface area contributed by atoms with Crippen LogP contribution in [0.2, 0.25) is 0 Å². The molecule has 0 saturated carbocycles. The van der Waals surface area contributed by atoms with Crippen molar-refractivity contribution in [1.29, 1.82) is 0 Å². The van der Waals surface area contributed by atoms with Crippen LogP contribution in [0.3, 0.4) is 0 Å². The average Bonchev–Trinajstić information content (AvgIpc) is 2.46. The zero-order valence-electron chi connectivity index (χ0n) is 10.4. The number of aromatic nitrogens is 1. The van der Waals surface area contributed by atoms with Crippen molar-refractivity contribution in [2.24, 2.45) is 0 Å². The van der Waals surface area contributed by atoms with Gasteiger partial charge in [-0.05, 0) is 23.8 Å². The maximum atomic E-state index is 5.75. The maximum absolute atomic E-state index is 5.75. The number of pyridine rings is 1. The van der Waals surface area contributed by atoms with Gasteiger partial charge in [-0.15, -0.1) is 11.6 Å². The Morgan fingerprint density at radius 3 is 2.61 bits per heavy atom. The SMILES string of the molecule is COc1ccccc1N(C)c1ccc(CCl)cn1. The fourth-order valence-corrected chi connectivity index (χ4v) is 1.88. The highest BCUT2D eigenvalue weighted by Crippen LogP contribution is 2.30. The third-order valence-electron chi connectivity index (χ3n) is 2.75. The van der Waals surface area contributed by atoms with Crippen LogP contribution in [0, 0.1) is 0 Å². The molecule has 0 atom stereocenters. The van der Waals surface area contributed by atoms with E-state index in [1.165, 1.54) is 0 Å². The number of alkyl halides is 1. The van der Waals surface area contributed by atoms with E-state index in [-0.39, 0.29) is 0 Å². The van der Waals surface area contributed by atoms with E-state index in [0.717, 1.165) is 22.8 Å². The molecule has 18 heavy (non-hydrogen) atoms. The molecule has 1 aromatic heterocycles. The molecule has 2 aromatic rings. The number of benzene rings is 1. The van der Waals surface area contributed by atoms with Crippen LogP contribution < -0.4 is 9.64 Å². The van der Waals surface area contributed by atoms with E-state index in [2.05, 4.69) is 4.98 Å². The molecule has 0 aliphatic carbocycles. The summed E-state index contributed by atoms with van der Waals surface area (Å²) in [4.78, 5) is 6.37. The number of hydrogen-bond acceptors (Lipinski definition) is 3. The predicted octanol–water partition coefficient (Wildman–Crippen LogP) is 3.60. The molecule has 0 unspecified atom stereocenters. The first kappa shape index (κ1) is 12.7. The summed E-state index contributed by atoms with van der Waals surface area (Å²) < 4.78 is 5.34. The Morgan fingerprint density at radius 1 is 1.22 bits per heavy atom. The molecule has 1 heterocycles. The third-order valence-corrected chi connectivity index (χ3v) is 3.06. The summed E-state index contributed by atoms with van der Waals surface area (Å²) >= 11 is 5.75. The van der Waals surface area contributed by atoms with Gasteiger partial charge >= 0.3 is 0 Å². The van der Waals surface area contributed by atoms with Gasteiger partial charge in [0.05, 0.1) is 12.8 Å². The van der Waals surface area contributed by atoms with Gasteiger partial charge in [0.15, 0.2) is 0 Å². The molecule has 3 nitrogen and oxygen atoms in total. The molecule has 4 heteroatoms. The van der Waals surface area contributed by atoms with E-state index in [4.69, 9.17) is 16.3 Å². The summed E-state index contributed by atoms with van der Waals surface area (Å²) in [6, 6.07) is 11.8. The van der Waals surface area contributed by atoms with Crippen molar-refractivity contribution in [3.8, 4) is 5.75 Å². The van der Waals surface area contributed by atoms with Crippen molar-refractivity contribution < 1.29 is 4.74 Å². The largest absolute Gasteiger partial charge is 0.495 e. The second-order valence-corrected chi connectivity index (χ2v) is 4.16. The molecular weight excluding hydrogens is 248 g/mol. The fourth-order valence-electron chi connectivity index (χ4n) is 1.72. The van der Waals surface area contributed by atoms with Gasteiger partial charge in [0, 0.05) is 19.1 Å². The smallest absolute Gasteiger partial charge is 0.142 e. The monoisotopic (exact) mass is 262 g/mol. The molecule has 2 rings (SSSR count). The molecule has 0 N–H and O–H groups in total. The number of ether oxygens (including phenoxy) is 1. The Morgan fingerprint density at radius 2 is 2.00 bits per heavy atom. The van der Waals surface area contributed by atoms with Crippen molar-refractivity contribution in [2.45, 2.75) is 5.88 Å². The van der Waals surface area contributed by atoms with Crippen LogP contribution in [0.1, 0.15) is 5.56 Å². The molecular formula is C14H15ClN2O. The predicted molar refractivity (Wildman–Crippen MR) is 74.9 cm³/mol. The minimum absolute atomic E-state index is 0.478. The lowest BCUT2D eigenvalue weighted by Crippen LogP contribution is -2.12. The molecule has 0 aliphatic heterocycles. The summed E-state index contributed by atoms with van der Waals surface area (Å²) in [5.41, 5.74) is 1.99. The molecule has 0 fully saturated rings. The van der Waals surface area contributed by atoms with Gasteiger partial charge < -0.3 is 9.64 Å². The lowest BCUT2D eigenvalue weighted by Gasteiger charge is -2.20. The number of hydrogen-bond donors (Lipinski definition) is 0. The molecule has 0 radical (unpaired) electrons. The quantitative estimate of drug-likeness (QED) is 0.788. The number of nitrogens with zero attached hydrogens (tertiary/aromatic N) is 2. The number of methoxy groups -OCH3 is 1. The zero-order valence-corrected chi connectivity index (χ0v) is 11.2. The Balaban J connectivity index is 2.31. The fraction of sp³-hybridized carbons (Fsp3) is 0.214. The summed E-state index contributed by atoms with van der Waals surface area (Å²) in [6.45, 7) is 0. The zero-order chi connectivity index (χ0) is 13.0. The van der Waals surface area contributed by atoms with Crippen LogP contribution in [0.4, 0.5) is 11.5 Å². The van der Waals surface area contributed by atoms with Crippen LogP contribution >= 0.6 is 11.6 Å². The molecule has 94 valence electrons. The highest BCUT2D eigenvalue weighted by molar-refractivity contribution is 6.17. The van der Waals surface area contributed by atoms with Crippen molar-refractivity contribution in [3.05, 3.63) is 48.2 Å². The van der Waals surface area contributed by atoms with Crippen LogP contribution in [0.15, 0.2) is 42.6 Å². The summed E-state index contributed by atoms with van der Waals surface area (Å²) in [6.07, 6.45) is 1.79. The van der Waals surface area contributed by atoms with Gasteiger partial charge in [-0.25, -0.2) is 4.98 Å². The first-order chi connectivity index (χ1) is 8.76. The van der Waals surface area contributed by atoms with Crippen LogP contribution in [-0.2, 0) is 5.88 Å². The van der Waals surface area contributed by atoms with Gasteiger partial charge in [-0.3, -0.25) is 0 Å². The number of para-hydroxylation sites is 2. The van der Waals surface area contributed by atoms with E-state index in [1.807, 2.05) is 48.3 Å². The number of anilines is 2.